The minimum atomic E-state index is -1.02. The van der Waals surface area contributed by atoms with Gasteiger partial charge in [-0.3, -0.25) is 14.4 Å². The smallest absolute Gasteiger partial charge is 0.322 e. The van der Waals surface area contributed by atoms with Crippen LogP contribution in [0.3, 0.4) is 0 Å². The van der Waals surface area contributed by atoms with Gasteiger partial charge in [0.1, 0.15) is 12.6 Å². The lowest BCUT2D eigenvalue weighted by Gasteiger charge is -2.18. The summed E-state index contributed by atoms with van der Waals surface area (Å²) in [4.78, 5) is 34.9. The lowest BCUT2D eigenvalue weighted by Crippen LogP contribution is -2.28. The van der Waals surface area contributed by atoms with E-state index in [-0.39, 0.29) is 24.5 Å². The monoisotopic (exact) mass is 716 g/mol. The van der Waals surface area contributed by atoms with Crippen molar-refractivity contribution in [2.45, 2.75) is 225 Å². The van der Waals surface area contributed by atoms with E-state index in [0.717, 1.165) is 83.5 Å². The summed E-state index contributed by atoms with van der Waals surface area (Å²) in [6, 6.07) is 0. The minimum absolute atomic E-state index is 0.0228. The van der Waals surface area contributed by atoms with Crippen LogP contribution in [0.25, 0.3) is 0 Å². The molecule has 51 heavy (non-hydrogen) atoms. The Morgan fingerprint density at radius 2 is 0.902 bits per heavy atom. The number of unbranched alkanes of at least 4 members (excludes halogenated alkanes) is 22. The van der Waals surface area contributed by atoms with E-state index in [1.807, 2.05) is 0 Å². The molecule has 0 aliphatic heterocycles. The van der Waals surface area contributed by atoms with Gasteiger partial charge in [-0.1, -0.05) is 166 Å². The Hall–Kier alpha value is -2.37. The van der Waals surface area contributed by atoms with Crippen molar-refractivity contribution < 1.29 is 24.2 Å². The third-order valence-electron chi connectivity index (χ3n) is 9.56. The van der Waals surface area contributed by atoms with Gasteiger partial charge in [-0.25, -0.2) is 0 Å². The minimum Gasteiger partial charge on any atom is -0.480 e. The second kappa shape index (κ2) is 40.4. The van der Waals surface area contributed by atoms with Crippen LogP contribution in [0.4, 0.5) is 0 Å². The molecule has 1 amide bonds. The highest BCUT2D eigenvalue weighted by Gasteiger charge is 2.14. The number of amides is 1. The topological polar surface area (TPSA) is 92.7 Å². The van der Waals surface area contributed by atoms with Gasteiger partial charge in [-0.15, -0.1) is 0 Å². The zero-order chi connectivity index (χ0) is 37.3. The molecule has 6 heteroatoms. The molecule has 0 aromatic carbocycles. The Bertz CT molecular complexity index is 880. The Morgan fingerprint density at radius 1 is 0.510 bits per heavy atom. The number of esters is 1. The third-order valence-corrected chi connectivity index (χ3v) is 9.56. The summed E-state index contributed by atoms with van der Waals surface area (Å²) in [6.07, 6.45) is 49.9. The first-order valence-corrected chi connectivity index (χ1v) is 21.6. The van der Waals surface area contributed by atoms with E-state index in [0.29, 0.717) is 12.8 Å². The van der Waals surface area contributed by atoms with Gasteiger partial charge in [0.05, 0.1) is 0 Å². The molecule has 0 rings (SSSR count). The maximum atomic E-state index is 12.7. The van der Waals surface area contributed by atoms with Crippen molar-refractivity contribution in [1.29, 1.82) is 0 Å². The summed E-state index contributed by atoms with van der Waals surface area (Å²) in [5.41, 5.74) is 0. The number of carboxylic acid groups (broad SMARTS) is 1. The molecule has 1 atom stereocenters. The highest BCUT2D eigenvalue weighted by atomic mass is 16.5. The number of nitrogens with one attached hydrogen (secondary N) is 1. The van der Waals surface area contributed by atoms with Crippen molar-refractivity contribution in [1.82, 2.24) is 5.32 Å². The lowest BCUT2D eigenvalue weighted by molar-refractivity contribution is -0.150. The number of carboxylic acids is 1. The van der Waals surface area contributed by atoms with E-state index in [1.54, 1.807) is 0 Å². The Labute approximate surface area is 315 Å². The molecular formula is C45H81NO5. The summed E-state index contributed by atoms with van der Waals surface area (Å²) < 4.78 is 6.00. The largest absolute Gasteiger partial charge is 0.480 e. The second-order valence-corrected chi connectivity index (χ2v) is 14.6. The van der Waals surface area contributed by atoms with E-state index in [9.17, 15) is 14.4 Å². The highest BCUT2D eigenvalue weighted by molar-refractivity contribution is 5.80. The zero-order valence-corrected chi connectivity index (χ0v) is 33.5. The van der Waals surface area contributed by atoms with Crippen LogP contribution >= 0.6 is 0 Å². The summed E-state index contributed by atoms with van der Waals surface area (Å²) in [5.74, 6) is -1.24. The summed E-state index contributed by atoms with van der Waals surface area (Å²) in [6.45, 7) is 4.21. The van der Waals surface area contributed by atoms with Crippen LogP contribution < -0.4 is 5.32 Å². The molecule has 0 saturated heterocycles. The van der Waals surface area contributed by atoms with Crippen molar-refractivity contribution in [3.8, 4) is 0 Å². The number of aliphatic carboxylic acids is 1. The van der Waals surface area contributed by atoms with Crippen molar-refractivity contribution in [3.05, 3.63) is 36.5 Å². The predicted octanol–water partition coefficient (Wildman–Crippen LogP) is 13.3. The van der Waals surface area contributed by atoms with Gasteiger partial charge in [0, 0.05) is 12.8 Å². The Balaban J connectivity index is 4.03. The number of carbonyl (C=O) groups is 3. The molecule has 1 unspecified atom stereocenters. The molecule has 0 aliphatic rings. The van der Waals surface area contributed by atoms with Crippen molar-refractivity contribution in [3.63, 3.8) is 0 Å². The summed E-state index contributed by atoms with van der Waals surface area (Å²) >= 11 is 0. The quantitative estimate of drug-likeness (QED) is 0.0375. The molecule has 0 radical (unpaired) electrons. The fourth-order valence-electron chi connectivity index (χ4n) is 6.35. The molecule has 0 heterocycles. The normalized spacial score (nSPS) is 12.4. The number of hydrogen-bond acceptors (Lipinski definition) is 4. The Kier molecular flexibility index (Phi) is 38.5. The number of ether oxygens (including phenoxy) is 1. The van der Waals surface area contributed by atoms with Gasteiger partial charge in [0.2, 0.25) is 5.91 Å². The van der Waals surface area contributed by atoms with Crippen LogP contribution in [0.15, 0.2) is 36.5 Å². The summed E-state index contributed by atoms with van der Waals surface area (Å²) in [5, 5.41) is 11.1. The van der Waals surface area contributed by atoms with Crippen LogP contribution in [0.1, 0.15) is 219 Å². The molecule has 0 bridgehead atoms. The molecule has 6 nitrogen and oxygen atoms in total. The van der Waals surface area contributed by atoms with Crippen molar-refractivity contribution in [2.24, 2.45) is 0 Å². The van der Waals surface area contributed by atoms with Crippen molar-refractivity contribution >= 4 is 17.8 Å². The first kappa shape index (κ1) is 48.6. The van der Waals surface area contributed by atoms with Gasteiger partial charge in [-0.05, 0) is 77.0 Å². The van der Waals surface area contributed by atoms with Gasteiger partial charge in [-0.2, -0.15) is 0 Å². The van der Waals surface area contributed by atoms with Crippen LogP contribution in [0.5, 0.6) is 0 Å². The van der Waals surface area contributed by atoms with Gasteiger partial charge in [0.15, 0.2) is 0 Å². The first-order valence-electron chi connectivity index (χ1n) is 21.6. The van der Waals surface area contributed by atoms with E-state index < -0.39 is 5.97 Å². The lowest BCUT2D eigenvalue weighted by atomic mass is 10.0. The molecule has 2 N–H and O–H groups in total. The summed E-state index contributed by atoms with van der Waals surface area (Å²) in [7, 11) is 0. The van der Waals surface area contributed by atoms with Crippen LogP contribution in [0.2, 0.25) is 0 Å². The SMILES string of the molecule is CCCCCCC/C=C\C/C=C\C/C=C\CCCCCCCCC(=O)OC(CCCCCCCCCC)CCCCCCCC(=O)NCC(=O)O. The fourth-order valence-corrected chi connectivity index (χ4v) is 6.35. The van der Waals surface area contributed by atoms with E-state index in [2.05, 4.69) is 55.6 Å². The average Bonchev–Trinajstić information content (AvgIpc) is 3.11. The maximum absolute atomic E-state index is 12.7. The maximum Gasteiger partial charge on any atom is 0.322 e. The van der Waals surface area contributed by atoms with Crippen LogP contribution in [-0.2, 0) is 19.1 Å². The third kappa shape index (κ3) is 40.3. The van der Waals surface area contributed by atoms with E-state index >= 15 is 0 Å². The zero-order valence-electron chi connectivity index (χ0n) is 33.5. The van der Waals surface area contributed by atoms with Crippen LogP contribution in [-0.4, -0.2) is 35.6 Å². The van der Waals surface area contributed by atoms with E-state index in [1.165, 1.54) is 109 Å². The van der Waals surface area contributed by atoms with E-state index in [4.69, 9.17) is 9.84 Å². The number of carbonyl (C=O) groups excluding carboxylic acids is 2. The molecule has 0 fully saturated rings. The molecular weight excluding hydrogens is 634 g/mol. The van der Waals surface area contributed by atoms with Gasteiger partial charge >= 0.3 is 11.9 Å². The average molecular weight is 716 g/mol. The van der Waals surface area contributed by atoms with Gasteiger partial charge in [0.25, 0.3) is 0 Å². The van der Waals surface area contributed by atoms with Gasteiger partial charge < -0.3 is 15.2 Å². The first-order chi connectivity index (χ1) is 25.0. The fraction of sp³-hybridized carbons (Fsp3) is 0.800. The molecule has 0 aliphatic carbocycles. The van der Waals surface area contributed by atoms with Crippen LogP contribution in [0, 0.1) is 0 Å². The number of rotatable bonds is 39. The standard InChI is InChI=1S/C45H81NO5/c1-3-5-7-9-11-13-14-15-16-17-18-19-20-21-22-23-24-25-27-32-36-40-45(50)51-42(37-33-29-26-12-10-8-6-4-2)38-34-30-28-31-35-39-43(47)46-41-44(48)49/h14-15,17-18,20-21,42H,3-13,16,19,22-41H2,1-2H3,(H,46,47)(H,48,49)/b15-14-,18-17-,21-20-. The second-order valence-electron chi connectivity index (χ2n) is 14.6. The number of hydrogen-bond donors (Lipinski definition) is 2. The highest BCUT2D eigenvalue weighted by Crippen LogP contribution is 2.19. The molecule has 0 saturated carbocycles. The number of allylic oxidation sites excluding steroid dienone is 6. The van der Waals surface area contributed by atoms with Crippen molar-refractivity contribution in [2.75, 3.05) is 6.54 Å². The molecule has 0 aromatic rings. The molecule has 0 spiro atoms. The predicted molar refractivity (Wildman–Crippen MR) is 217 cm³/mol. The molecule has 296 valence electrons. The molecule has 0 aromatic heterocycles. The Morgan fingerprint density at radius 3 is 1.37 bits per heavy atom.